The zero-order valence-corrected chi connectivity index (χ0v) is 11.6. The van der Waals surface area contributed by atoms with Crippen LogP contribution in [-0.4, -0.2) is 16.2 Å². The van der Waals surface area contributed by atoms with Crippen molar-refractivity contribution in [3.63, 3.8) is 0 Å². The van der Waals surface area contributed by atoms with Crippen molar-refractivity contribution in [2.45, 2.75) is 22.6 Å². The van der Waals surface area contributed by atoms with Crippen LogP contribution in [0, 0.1) is 0 Å². The van der Waals surface area contributed by atoms with Crippen LogP contribution in [0.15, 0.2) is 34.1 Å². The molecular weight excluding hydrogens is 274 g/mol. The highest BCUT2D eigenvalue weighted by molar-refractivity contribution is 8.01. The predicted molar refractivity (Wildman–Crippen MR) is 73.6 cm³/mol. The Kier molecular flexibility index (Phi) is 4.39. The molecule has 90 valence electrons. The molecule has 0 radical (unpaired) electrons. The molecular formula is C11H12ClN3S2. The zero-order valence-electron chi connectivity index (χ0n) is 9.21. The van der Waals surface area contributed by atoms with Crippen molar-refractivity contribution in [2.75, 3.05) is 0 Å². The second kappa shape index (κ2) is 5.82. The highest BCUT2D eigenvalue weighted by Gasteiger charge is 2.21. The van der Waals surface area contributed by atoms with E-state index in [-0.39, 0.29) is 11.3 Å². The molecule has 2 unspecified atom stereocenters. The largest absolute Gasteiger partial charge is 0.327 e. The molecule has 2 aromatic rings. The van der Waals surface area contributed by atoms with Gasteiger partial charge < -0.3 is 5.73 Å². The molecule has 17 heavy (non-hydrogen) atoms. The molecule has 2 atom stereocenters. The van der Waals surface area contributed by atoms with Crippen LogP contribution >= 0.6 is 34.7 Å². The molecule has 1 heterocycles. The van der Waals surface area contributed by atoms with Crippen LogP contribution in [0.2, 0.25) is 5.02 Å². The summed E-state index contributed by atoms with van der Waals surface area (Å²) in [6.07, 6.45) is 0. The van der Waals surface area contributed by atoms with Gasteiger partial charge in [-0.2, -0.15) is 0 Å². The number of hydrogen-bond donors (Lipinski definition) is 1. The summed E-state index contributed by atoms with van der Waals surface area (Å²) < 4.78 is 0.909. The third-order valence-corrected chi connectivity index (χ3v) is 4.88. The maximum absolute atomic E-state index is 6.20. The molecule has 0 spiro atoms. The van der Waals surface area contributed by atoms with Gasteiger partial charge in [-0.05, 0) is 18.6 Å². The van der Waals surface area contributed by atoms with Crippen LogP contribution in [0.1, 0.15) is 17.7 Å². The van der Waals surface area contributed by atoms with Crippen molar-refractivity contribution >= 4 is 34.7 Å². The number of thioether (sulfide) groups is 1. The van der Waals surface area contributed by atoms with Gasteiger partial charge in [0.2, 0.25) is 0 Å². The number of nitrogens with zero attached hydrogens (tertiary/aromatic N) is 2. The third kappa shape index (κ3) is 3.19. The molecule has 1 aromatic carbocycles. The minimum Gasteiger partial charge on any atom is -0.327 e. The monoisotopic (exact) mass is 285 g/mol. The summed E-state index contributed by atoms with van der Waals surface area (Å²) in [5.41, 5.74) is 8.79. The van der Waals surface area contributed by atoms with Gasteiger partial charge in [-0.3, -0.25) is 0 Å². The number of rotatable bonds is 4. The van der Waals surface area contributed by atoms with Crippen molar-refractivity contribution in [3.05, 3.63) is 40.4 Å². The van der Waals surface area contributed by atoms with Crippen molar-refractivity contribution in [1.82, 2.24) is 10.2 Å². The van der Waals surface area contributed by atoms with Crippen molar-refractivity contribution < 1.29 is 0 Å². The van der Waals surface area contributed by atoms with Gasteiger partial charge in [0.25, 0.3) is 0 Å². The molecule has 0 bridgehead atoms. The predicted octanol–water partition coefficient (Wildman–Crippen LogP) is 3.37. The molecule has 0 aliphatic carbocycles. The fourth-order valence-electron chi connectivity index (χ4n) is 1.48. The van der Waals surface area contributed by atoms with E-state index < -0.39 is 0 Å². The lowest BCUT2D eigenvalue weighted by atomic mass is 10.1. The Labute approximate surface area is 113 Å². The molecule has 0 aliphatic rings. The van der Waals surface area contributed by atoms with E-state index in [1.807, 2.05) is 31.2 Å². The lowest BCUT2D eigenvalue weighted by molar-refractivity contribution is 0.720. The van der Waals surface area contributed by atoms with Gasteiger partial charge >= 0.3 is 0 Å². The topological polar surface area (TPSA) is 51.8 Å². The van der Waals surface area contributed by atoms with Gasteiger partial charge in [-0.1, -0.05) is 52.9 Å². The van der Waals surface area contributed by atoms with Crippen molar-refractivity contribution in [1.29, 1.82) is 0 Å². The molecule has 0 fully saturated rings. The van der Waals surface area contributed by atoms with Gasteiger partial charge in [0.05, 0.1) is 5.25 Å². The molecule has 0 aliphatic heterocycles. The van der Waals surface area contributed by atoms with Crippen LogP contribution in [0.5, 0.6) is 0 Å². The highest BCUT2D eigenvalue weighted by Crippen LogP contribution is 2.40. The fraction of sp³-hybridized carbons (Fsp3) is 0.273. The number of halogens is 1. The number of aromatic nitrogens is 2. The molecule has 0 saturated carbocycles. The standard InChI is InChI=1S/C11H12ClN3S2/c1-7(13)10(17-11-15-14-6-16-11)8-4-2-3-5-9(8)12/h2-7,10H,13H2,1H3. The average molecular weight is 286 g/mol. The Morgan fingerprint density at radius 1 is 1.41 bits per heavy atom. The van der Waals surface area contributed by atoms with Crippen LogP contribution < -0.4 is 5.73 Å². The Bertz CT molecular complexity index is 473. The van der Waals surface area contributed by atoms with Gasteiger partial charge in [0.1, 0.15) is 5.51 Å². The SMILES string of the molecule is CC(N)C(Sc1nncs1)c1ccccc1Cl. The van der Waals surface area contributed by atoms with E-state index in [0.29, 0.717) is 0 Å². The van der Waals surface area contributed by atoms with E-state index in [4.69, 9.17) is 17.3 Å². The summed E-state index contributed by atoms with van der Waals surface area (Å²) in [6, 6.07) is 7.76. The minimum absolute atomic E-state index is 0.0104. The maximum Gasteiger partial charge on any atom is 0.174 e. The lowest BCUT2D eigenvalue weighted by Gasteiger charge is -2.20. The van der Waals surface area contributed by atoms with Crippen molar-refractivity contribution in [2.24, 2.45) is 5.73 Å². The van der Waals surface area contributed by atoms with Gasteiger partial charge in [-0.15, -0.1) is 10.2 Å². The van der Waals surface area contributed by atoms with Gasteiger partial charge in [0, 0.05) is 11.1 Å². The second-order valence-corrected chi connectivity index (χ2v) is 6.25. The molecule has 6 heteroatoms. The Morgan fingerprint density at radius 2 is 2.18 bits per heavy atom. The summed E-state index contributed by atoms with van der Waals surface area (Å²) >= 11 is 9.32. The second-order valence-electron chi connectivity index (χ2n) is 3.62. The highest BCUT2D eigenvalue weighted by atomic mass is 35.5. The molecule has 0 saturated heterocycles. The fourth-order valence-corrected chi connectivity index (χ4v) is 3.60. The van der Waals surface area contributed by atoms with Crippen LogP contribution in [0.25, 0.3) is 0 Å². The molecule has 0 amide bonds. The van der Waals surface area contributed by atoms with Crippen LogP contribution in [-0.2, 0) is 0 Å². The summed E-state index contributed by atoms with van der Waals surface area (Å²) in [7, 11) is 0. The maximum atomic E-state index is 6.20. The van der Waals surface area contributed by atoms with E-state index in [2.05, 4.69) is 10.2 Å². The van der Waals surface area contributed by atoms with E-state index in [1.54, 1.807) is 17.3 Å². The first kappa shape index (κ1) is 12.8. The molecule has 3 nitrogen and oxygen atoms in total. The smallest absolute Gasteiger partial charge is 0.174 e. The minimum atomic E-state index is -0.0104. The Balaban J connectivity index is 2.27. The van der Waals surface area contributed by atoms with Crippen LogP contribution in [0.3, 0.4) is 0 Å². The van der Waals surface area contributed by atoms with Gasteiger partial charge in [-0.25, -0.2) is 0 Å². The summed E-state index contributed by atoms with van der Waals surface area (Å²) in [5, 5.41) is 8.69. The van der Waals surface area contributed by atoms with Crippen LogP contribution in [0.4, 0.5) is 0 Å². The average Bonchev–Trinajstić information content (AvgIpc) is 2.79. The number of benzene rings is 1. The number of nitrogens with two attached hydrogens (primary N) is 1. The Morgan fingerprint density at radius 3 is 2.76 bits per heavy atom. The first-order valence-electron chi connectivity index (χ1n) is 5.11. The first-order valence-corrected chi connectivity index (χ1v) is 7.25. The third-order valence-electron chi connectivity index (χ3n) is 2.26. The normalized spacial score (nSPS) is 14.5. The van der Waals surface area contributed by atoms with Gasteiger partial charge in [0.15, 0.2) is 4.34 Å². The molecule has 2 N–H and O–H groups in total. The molecule has 2 rings (SSSR count). The summed E-state index contributed by atoms with van der Waals surface area (Å²) in [4.78, 5) is 0. The Hall–Kier alpha value is -0.620. The van der Waals surface area contributed by atoms with E-state index in [0.717, 1.165) is 14.9 Å². The van der Waals surface area contributed by atoms with E-state index in [1.165, 1.54) is 11.3 Å². The molecule has 1 aromatic heterocycles. The number of hydrogen-bond acceptors (Lipinski definition) is 5. The lowest BCUT2D eigenvalue weighted by Crippen LogP contribution is -2.22. The zero-order chi connectivity index (χ0) is 12.3. The van der Waals surface area contributed by atoms with E-state index in [9.17, 15) is 0 Å². The summed E-state index contributed by atoms with van der Waals surface area (Å²) in [5.74, 6) is 0. The van der Waals surface area contributed by atoms with Crippen molar-refractivity contribution in [3.8, 4) is 0 Å². The first-order chi connectivity index (χ1) is 8.18. The summed E-state index contributed by atoms with van der Waals surface area (Å²) in [6.45, 7) is 1.97. The van der Waals surface area contributed by atoms with E-state index >= 15 is 0 Å². The quantitative estimate of drug-likeness (QED) is 0.875.